The van der Waals surface area contributed by atoms with E-state index in [4.69, 9.17) is 9.47 Å². The molecular formula is C12H13N3O4S. The van der Waals surface area contributed by atoms with Crippen LogP contribution in [0.2, 0.25) is 0 Å². The molecule has 1 aromatic carbocycles. The van der Waals surface area contributed by atoms with Crippen molar-refractivity contribution in [1.82, 2.24) is 10.2 Å². The number of aromatic amines is 1. The van der Waals surface area contributed by atoms with Gasteiger partial charge in [0.25, 0.3) is 10.0 Å². The van der Waals surface area contributed by atoms with Crippen molar-refractivity contribution in [2.24, 2.45) is 0 Å². The fourth-order valence-corrected chi connectivity index (χ4v) is 3.11. The largest absolute Gasteiger partial charge is 0.486 e. The van der Waals surface area contributed by atoms with Gasteiger partial charge in [0.15, 0.2) is 11.5 Å². The number of rotatable bonds is 3. The maximum atomic E-state index is 12.2. The Morgan fingerprint density at radius 1 is 1.25 bits per heavy atom. The maximum Gasteiger partial charge on any atom is 0.265 e. The lowest BCUT2D eigenvalue weighted by atomic mass is 10.3. The number of anilines is 1. The van der Waals surface area contributed by atoms with E-state index in [2.05, 4.69) is 14.9 Å². The van der Waals surface area contributed by atoms with Crippen molar-refractivity contribution in [3.05, 3.63) is 30.1 Å². The Bertz CT molecular complexity index is 739. The van der Waals surface area contributed by atoms with Crippen LogP contribution in [0.25, 0.3) is 0 Å². The molecule has 0 spiro atoms. The molecule has 0 saturated carbocycles. The first kappa shape index (κ1) is 12.8. The number of fused-ring (bicyclic) bond motifs is 1. The molecule has 20 heavy (non-hydrogen) atoms. The standard InChI is InChI=1S/C12H13N3O4S/c1-8-12(7-13-14-8)20(16,17)15-9-2-3-10-11(6-9)19-5-4-18-10/h2-3,6-7,15H,4-5H2,1H3,(H,13,14). The third kappa shape index (κ3) is 2.29. The van der Waals surface area contributed by atoms with Crippen molar-refractivity contribution in [3.63, 3.8) is 0 Å². The lowest BCUT2D eigenvalue weighted by molar-refractivity contribution is 0.171. The molecule has 1 aromatic heterocycles. The van der Waals surface area contributed by atoms with E-state index in [0.717, 1.165) is 0 Å². The lowest BCUT2D eigenvalue weighted by Gasteiger charge is -2.19. The monoisotopic (exact) mass is 295 g/mol. The minimum Gasteiger partial charge on any atom is -0.486 e. The summed E-state index contributed by atoms with van der Waals surface area (Å²) in [6.45, 7) is 2.59. The summed E-state index contributed by atoms with van der Waals surface area (Å²) < 4.78 is 37.7. The van der Waals surface area contributed by atoms with Crippen molar-refractivity contribution in [2.45, 2.75) is 11.8 Å². The van der Waals surface area contributed by atoms with Crippen LogP contribution in [0.4, 0.5) is 5.69 Å². The van der Waals surface area contributed by atoms with Crippen LogP contribution in [-0.4, -0.2) is 31.8 Å². The van der Waals surface area contributed by atoms with E-state index in [-0.39, 0.29) is 4.90 Å². The maximum absolute atomic E-state index is 12.2. The Hall–Kier alpha value is -2.22. The molecule has 3 rings (SSSR count). The summed E-state index contributed by atoms with van der Waals surface area (Å²) in [5, 5.41) is 6.31. The SMILES string of the molecule is Cc1[nH]ncc1S(=O)(=O)Nc1ccc2c(c1)OCCO2. The molecule has 2 aromatic rings. The lowest BCUT2D eigenvalue weighted by Crippen LogP contribution is -2.16. The van der Waals surface area contributed by atoms with E-state index < -0.39 is 10.0 Å². The zero-order chi connectivity index (χ0) is 14.2. The number of benzene rings is 1. The molecular weight excluding hydrogens is 282 g/mol. The first-order valence-corrected chi connectivity index (χ1v) is 7.47. The predicted octanol–water partition coefficient (Wildman–Crippen LogP) is 1.29. The van der Waals surface area contributed by atoms with Crippen LogP contribution >= 0.6 is 0 Å². The van der Waals surface area contributed by atoms with Crippen molar-refractivity contribution in [3.8, 4) is 11.5 Å². The van der Waals surface area contributed by atoms with E-state index in [9.17, 15) is 8.42 Å². The molecule has 0 fully saturated rings. The third-order valence-electron chi connectivity index (χ3n) is 2.87. The van der Waals surface area contributed by atoms with Crippen molar-refractivity contribution in [2.75, 3.05) is 17.9 Å². The molecule has 1 aliphatic rings. The highest BCUT2D eigenvalue weighted by molar-refractivity contribution is 7.92. The van der Waals surface area contributed by atoms with E-state index in [1.807, 2.05) is 0 Å². The van der Waals surface area contributed by atoms with Crippen LogP contribution in [0.1, 0.15) is 5.69 Å². The van der Waals surface area contributed by atoms with Gasteiger partial charge in [0.1, 0.15) is 18.1 Å². The summed E-state index contributed by atoms with van der Waals surface area (Å²) in [4.78, 5) is 0.118. The number of hydrogen-bond acceptors (Lipinski definition) is 5. The van der Waals surface area contributed by atoms with E-state index in [1.165, 1.54) is 6.20 Å². The summed E-state index contributed by atoms with van der Waals surface area (Å²) in [6, 6.07) is 4.90. The van der Waals surface area contributed by atoms with Gasteiger partial charge in [-0.3, -0.25) is 9.82 Å². The number of aromatic nitrogens is 2. The van der Waals surface area contributed by atoms with Gasteiger partial charge in [0.2, 0.25) is 0 Å². The minimum absolute atomic E-state index is 0.118. The average Bonchev–Trinajstić information content (AvgIpc) is 2.85. The number of ether oxygens (including phenoxy) is 2. The summed E-state index contributed by atoms with van der Waals surface area (Å²) in [7, 11) is -3.67. The summed E-state index contributed by atoms with van der Waals surface area (Å²) in [5.74, 6) is 1.14. The minimum atomic E-state index is -3.67. The summed E-state index contributed by atoms with van der Waals surface area (Å²) in [5.41, 5.74) is 0.893. The van der Waals surface area contributed by atoms with E-state index in [1.54, 1.807) is 25.1 Å². The number of nitrogens with zero attached hydrogens (tertiary/aromatic N) is 1. The number of hydrogen-bond donors (Lipinski definition) is 2. The molecule has 2 N–H and O–H groups in total. The normalized spacial score (nSPS) is 14.1. The Morgan fingerprint density at radius 2 is 2.00 bits per heavy atom. The highest BCUT2D eigenvalue weighted by Gasteiger charge is 2.20. The molecule has 1 aliphatic heterocycles. The molecule has 0 atom stereocenters. The van der Waals surface area contributed by atoms with Gasteiger partial charge in [-0.1, -0.05) is 0 Å². The topological polar surface area (TPSA) is 93.3 Å². The molecule has 0 amide bonds. The van der Waals surface area contributed by atoms with Crippen LogP contribution in [0.5, 0.6) is 11.5 Å². The molecule has 8 heteroatoms. The second kappa shape index (κ2) is 4.71. The Morgan fingerprint density at radius 3 is 2.70 bits per heavy atom. The zero-order valence-corrected chi connectivity index (χ0v) is 11.5. The number of nitrogens with one attached hydrogen (secondary N) is 2. The molecule has 0 saturated heterocycles. The number of sulfonamides is 1. The van der Waals surface area contributed by atoms with Gasteiger partial charge in [-0.2, -0.15) is 5.10 Å². The van der Waals surface area contributed by atoms with Gasteiger partial charge in [-0.15, -0.1) is 0 Å². The van der Waals surface area contributed by atoms with Crippen molar-refractivity contribution in [1.29, 1.82) is 0 Å². The molecule has 7 nitrogen and oxygen atoms in total. The highest BCUT2D eigenvalue weighted by Crippen LogP contribution is 2.33. The summed E-state index contributed by atoms with van der Waals surface area (Å²) in [6.07, 6.45) is 1.27. The van der Waals surface area contributed by atoms with Gasteiger partial charge in [0.05, 0.1) is 17.6 Å². The average molecular weight is 295 g/mol. The Balaban J connectivity index is 1.90. The quantitative estimate of drug-likeness (QED) is 0.890. The fraction of sp³-hybridized carbons (Fsp3) is 0.250. The van der Waals surface area contributed by atoms with Crippen molar-refractivity contribution < 1.29 is 17.9 Å². The van der Waals surface area contributed by atoms with Crippen LogP contribution in [0.15, 0.2) is 29.3 Å². The van der Waals surface area contributed by atoms with Gasteiger partial charge in [0, 0.05) is 6.07 Å². The second-order valence-electron chi connectivity index (χ2n) is 4.32. The van der Waals surface area contributed by atoms with Gasteiger partial charge < -0.3 is 9.47 Å². The molecule has 106 valence electrons. The predicted molar refractivity (Wildman–Crippen MR) is 71.6 cm³/mol. The first-order valence-electron chi connectivity index (χ1n) is 5.99. The highest BCUT2D eigenvalue weighted by atomic mass is 32.2. The van der Waals surface area contributed by atoms with Crippen LogP contribution < -0.4 is 14.2 Å². The van der Waals surface area contributed by atoms with Crippen LogP contribution in [-0.2, 0) is 10.0 Å². The molecule has 0 aliphatic carbocycles. The second-order valence-corrected chi connectivity index (χ2v) is 5.97. The Kier molecular flexibility index (Phi) is 3.01. The van der Waals surface area contributed by atoms with E-state index in [0.29, 0.717) is 36.1 Å². The van der Waals surface area contributed by atoms with Crippen molar-refractivity contribution >= 4 is 15.7 Å². The smallest absolute Gasteiger partial charge is 0.265 e. The molecule has 0 unspecified atom stereocenters. The third-order valence-corrected chi connectivity index (χ3v) is 4.36. The zero-order valence-electron chi connectivity index (χ0n) is 10.7. The first-order chi connectivity index (χ1) is 9.56. The number of H-pyrrole nitrogens is 1. The molecule has 2 heterocycles. The Labute approximate surface area is 116 Å². The number of aryl methyl sites for hydroxylation is 1. The van der Waals surface area contributed by atoms with E-state index >= 15 is 0 Å². The molecule has 0 bridgehead atoms. The van der Waals surface area contributed by atoms with Gasteiger partial charge >= 0.3 is 0 Å². The van der Waals surface area contributed by atoms with Gasteiger partial charge in [-0.25, -0.2) is 8.42 Å². The van der Waals surface area contributed by atoms with Gasteiger partial charge in [-0.05, 0) is 19.1 Å². The van der Waals surface area contributed by atoms with Crippen LogP contribution in [0.3, 0.4) is 0 Å². The summed E-state index contributed by atoms with van der Waals surface area (Å²) >= 11 is 0. The molecule has 0 radical (unpaired) electrons. The fourth-order valence-electron chi connectivity index (χ4n) is 1.93. The van der Waals surface area contributed by atoms with Crippen LogP contribution in [0, 0.1) is 6.92 Å².